The van der Waals surface area contributed by atoms with E-state index in [1.807, 2.05) is 0 Å². The van der Waals surface area contributed by atoms with Crippen molar-refractivity contribution in [2.45, 2.75) is 37.9 Å². The number of aliphatic hydroxyl groups is 1. The molecule has 6 nitrogen and oxygen atoms in total. The number of hydrogen-bond acceptors (Lipinski definition) is 6. The van der Waals surface area contributed by atoms with Crippen LogP contribution in [0, 0.1) is 10.1 Å². The smallest absolute Gasteiger partial charge is 0.316 e. The van der Waals surface area contributed by atoms with Crippen LogP contribution in [0.4, 0.5) is 5.69 Å². The summed E-state index contributed by atoms with van der Waals surface area (Å²) in [6.45, 7) is 4.93. The van der Waals surface area contributed by atoms with Crippen LogP contribution < -0.4 is 0 Å². The van der Waals surface area contributed by atoms with Gasteiger partial charge in [-0.2, -0.15) is 0 Å². The molecule has 0 spiro atoms. The Morgan fingerprint density at radius 3 is 2.60 bits per heavy atom. The predicted octanol–water partition coefficient (Wildman–Crippen LogP) is 2.52. The van der Waals surface area contributed by atoms with Crippen LogP contribution in [-0.2, 0) is 16.1 Å². The highest BCUT2D eigenvalue weighted by Crippen LogP contribution is 2.26. The molecule has 0 amide bonds. The van der Waals surface area contributed by atoms with Crippen molar-refractivity contribution in [3.05, 3.63) is 33.9 Å². The fourth-order valence-corrected chi connectivity index (χ4v) is 2.20. The van der Waals surface area contributed by atoms with E-state index in [2.05, 4.69) is 0 Å². The first-order valence-corrected chi connectivity index (χ1v) is 6.94. The molecule has 0 saturated carbocycles. The minimum Gasteiger partial charge on any atom is -0.459 e. The Balaban J connectivity index is 2.70. The van der Waals surface area contributed by atoms with Gasteiger partial charge in [0.15, 0.2) is 0 Å². The highest BCUT2D eigenvalue weighted by Gasteiger charge is 2.17. The molecule has 0 unspecified atom stereocenters. The molecule has 1 aromatic carbocycles. The normalized spacial score (nSPS) is 11.2. The molecule has 110 valence electrons. The summed E-state index contributed by atoms with van der Waals surface area (Å²) in [4.78, 5) is 22.4. The van der Waals surface area contributed by atoms with Gasteiger partial charge in [-0.25, -0.2) is 0 Å². The van der Waals surface area contributed by atoms with Crippen molar-refractivity contribution in [1.29, 1.82) is 0 Å². The monoisotopic (exact) mass is 299 g/mol. The maximum atomic E-state index is 11.6. The minimum atomic E-state index is -0.548. The first-order chi connectivity index (χ1) is 9.23. The average molecular weight is 299 g/mol. The third kappa shape index (κ3) is 5.18. The number of aliphatic hydroxyl groups excluding tert-OH is 1. The molecule has 0 saturated heterocycles. The van der Waals surface area contributed by atoms with E-state index in [0.717, 1.165) is 0 Å². The summed E-state index contributed by atoms with van der Waals surface area (Å²) in [7, 11) is 0. The first kappa shape index (κ1) is 16.5. The molecule has 0 aliphatic carbocycles. The molecule has 0 aliphatic heterocycles. The largest absolute Gasteiger partial charge is 0.459 e. The number of nitrogens with zero attached hydrogens (tertiary/aromatic N) is 1. The van der Waals surface area contributed by atoms with Gasteiger partial charge in [0.2, 0.25) is 0 Å². The summed E-state index contributed by atoms with van der Waals surface area (Å²) in [5, 5.41) is 19.8. The lowest BCUT2D eigenvalue weighted by Gasteiger charge is -2.19. The molecule has 0 aromatic heterocycles. The molecule has 1 N–H and O–H groups in total. The van der Waals surface area contributed by atoms with Gasteiger partial charge in [-0.1, -0.05) is 0 Å². The molecular formula is C13H17NO5S. The first-order valence-electron chi connectivity index (χ1n) is 5.96. The molecule has 0 bridgehead atoms. The van der Waals surface area contributed by atoms with Crippen LogP contribution >= 0.6 is 11.8 Å². The Morgan fingerprint density at radius 2 is 2.10 bits per heavy atom. The Hall–Kier alpha value is -1.60. The van der Waals surface area contributed by atoms with Crippen molar-refractivity contribution < 1.29 is 19.6 Å². The highest BCUT2D eigenvalue weighted by atomic mass is 32.2. The molecule has 7 heteroatoms. The van der Waals surface area contributed by atoms with Gasteiger partial charge in [0, 0.05) is 11.0 Å². The quantitative estimate of drug-likeness (QED) is 0.389. The number of nitro benzene ring substituents is 1. The van der Waals surface area contributed by atoms with Crippen LogP contribution in [0.1, 0.15) is 26.3 Å². The highest BCUT2D eigenvalue weighted by molar-refractivity contribution is 8.00. The summed E-state index contributed by atoms with van der Waals surface area (Å²) in [5.41, 5.74) is -0.443. The zero-order chi connectivity index (χ0) is 15.3. The molecule has 0 heterocycles. The summed E-state index contributed by atoms with van der Waals surface area (Å²) >= 11 is 1.21. The lowest BCUT2D eigenvalue weighted by molar-refractivity contribution is -0.385. The maximum Gasteiger partial charge on any atom is 0.316 e. The molecule has 0 radical (unpaired) electrons. The van der Waals surface area contributed by atoms with Crippen LogP contribution in [0.2, 0.25) is 0 Å². The molecule has 0 aliphatic rings. The van der Waals surface area contributed by atoms with Crippen molar-refractivity contribution >= 4 is 23.4 Å². The summed E-state index contributed by atoms with van der Waals surface area (Å²) in [6.07, 6.45) is 0. The van der Waals surface area contributed by atoms with Gasteiger partial charge in [0.1, 0.15) is 5.60 Å². The van der Waals surface area contributed by atoms with Gasteiger partial charge in [-0.15, -0.1) is 11.8 Å². The van der Waals surface area contributed by atoms with Crippen molar-refractivity contribution in [2.24, 2.45) is 0 Å². The summed E-state index contributed by atoms with van der Waals surface area (Å²) < 4.78 is 5.16. The van der Waals surface area contributed by atoms with Gasteiger partial charge < -0.3 is 9.84 Å². The topological polar surface area (TPSA) is 89.7 Å². The van der Waals surface area contributed by atoms with E-state index in [4.69, 9.17) is 9.84 Å². The van der Waals surface area contributed by atoms with E-state index < -0.39 is 17.1 Å². The van der Waals surface area contributed by atoms with E-state index in [0.29, 0.717) is 4.90 Å². The van der Waals surface area contributed by atoms with E-state index in [-0.39, 0.29) is 23.0 Å². The van der Waals surface area contributed by atoms with Gasteiger partial charge in [0.25, 0.3) is 5.69 Å². The number of thioether (sulfide) groups is 1. The molecule has 0 fully saturated rings. The molecule has 20 heavy (non-hydrogen) atoms. The lowest BCUT2D eigenvalue weighted by Crippen LogP contribution is -2.24. The second-order valence-electron chi connectivity index (χ2n) is 5.08. The van der Waals surface area contributed by atoms with Crippen LogP contribution in [-0.4, -0.2) is 27.4 Å². The SMILES string of the molecule is CC(C)(C)OC(=O)CSc1ccc([N+](=O)[O-])c(CO)c1. The number of rotatable bonds is 5. The fourth-order valence-electron chi connectivity index (χ4n) is 1.47. The third-order valence-electron chi connectivity index (χ3n) is 2.19. The van der Waals surface area contributed by atoms with Crippen molar-refractivity contribution in [1.82, 2.24) is 0 Å². The van der Waals surface area contributed by atoms with Crippen LogP contribution in [0.3, 0.4) is 0 Å². The van der Waals surface area contributed by atoms with E-state index in [1.54, 1.807) is 26.8 Å². The number of esters is 1. The number of hydrogen-bond donors (Lipinski definition) is 1. The average Bonchev–Trinajstić information content (AvgIpc) is 2.33. The summed E-state index contributed by atoms with van der Waals surface area (Å²) in [6, 6.07) is 4.38. The zero-order valence-electron chi connectivity index (χ0n) is 11.6. The van der Waals surface area contributed by atoms with E-state index in [9.17, 15) is 14.9 Å². The number of benzene rings is 1. The van der Waals surface area contributed by atoms with E-state index >= 15 is 0 Å². The van der Waals surface area contributed by atoms with Gasteiger partial charge in [-0.3, -0.25) is 14.9 Å². The minimum absolute atomic E-state index is 0.111. The van der Waals surface area contributed by atoms with Gasteiger partial charge in [0.05, 0.1) is 22.8 Å². The lowest BCUT2D eigenvalue weighted by atomic mass is 10.2. The second kappa shape index (κ2) is 6.71. The van der Waals surface area contributed by atoms with Gasteiger partial charge >= 0.3 is 5.97 Å². The van der Waals surface area contributed by atoms with Crippen molar-refractivity contribution in [2.75, 3.05) is 5.75 Å². The van der Waals surface area contributed by atoms with Crippen LogP contribution in [0.15, 0.2) is 23.1 Å². The summed E-state index contributed by atoms with van der Waals surface area (Å²) in [5.74, 6) is -0.244. The Morgan fingerprint density at radius 1 is 1.45 bits per heavy atom. The molecular weight excluding hydrogens is 282 g/mol. The Bertz CT molecular complexity index is 510. The standard InChI is InChI=1S/C13H17NO5S/c1-13(2,3)19-12(16)8-20-10-4-5-11(14(17)18)9(6-10)7-15/h4-6,15H,7-8H2,1-3H3. The number of carbonyl (C=O) groups excluding carboxylic acids is 1. The predicted molar refractivity (Wildman–Crippen MR) is 75.6 cm³/mol. The number of carbonyl (C=O) groups is 1. The van der Waals surface area contributed by atoms with Gasteiger partial charge in [-0.05, 0) is 32.9 Å². The molecule has 0 atom stereocenters. The van der Waals surface area contributed by atoms with Crippen LogP contribution in [0.5, 0.6) is 0 Å². The van der Waals surface area contributed by atoms with Crippen molar-refractivity contribution in [3.8, 4) is 0 Å². The Labute approximate surface area is 121 Å². The zero-order valence-corrected chi connectivity index (χ0v) is 12.4. The fraction of sp³-hybridized carbons (Fsp3) is 0.462. The number of nitro groups is 1. The van der Waals surface area contributed by atoms with Crippen molar-refractivity contribution in [3.63, 3.8) is 0 Å². The third-order valence-corrected chi connectivity index (χ3v) is 3.16. The number of ether oxygens (including phenoxy) is 1. The second-order valence-corrected chi connectivity index (χ2v) is 6.13. The van der Waals surface area contributed by atoms with E-state index in [1.165, 1.54) is 23.9 Å². The van der Waals surface area contributed by atoms with Crippen LogP contribution in [0.25, 0.3) is 0 Å². The molecule has 1 rings (SSSR count). The molecule has 1 aromatic rings. The Kier molecular flexibility index (Phi) is 5.52. The maximum absolute atomic E-state index is 11.6.